The zero-order chi connectivity index (χ0) is 31.2. The molecule has 0 aliphatic heterocycles. The van der Waals surface area contributed by atoms with E-state index in [1.165, 1.54) is 17.9 Å². The van der Waals surface area contributed by atoms with Crippen molar-refractivity contribution in [3.63, 3.8) is 0 Å². The molecule has 3 aromatic heterocycles. The van der Waals surface area contributed by atoms with E-state index in [0.717, 1.165) is 15.9 Å². The van der Waals surface area contributed by atoms with Crippen molar-refractivity contribution in [1.29, 1.82) is 0 Å². The smallest absolute Gasteiger partial charge is 0.332 e. The van der Waals surface area contributed by atoms with Crippen molar-refractivity contribution in [2.45, 2.75) is 25.4 Å². The van der Waals surface area contributed by atoms with E-state index < -0.39 is 36.4 Å². The maximum Gasteiger partial charge on any atom is 0.332 e. The van der Waals surface area contributed by atoms with E-state index >= 15 is 0 Å². The number of para-hydroxylation sites is 1. The summed E-state index contributed by atoms with van der Waals surface area (Å²) in [6.45, 7) is 1.92. The standard InChI is InChI=1S/C11H12N2O.C8H10N4O2.C6H8O7/c1-9-8-11(14)13(12(9)2)10-6-4-3-5-7-10;1-10-4-9-6-5(10)7(13)12(3)8(14)11(6)2;7-3(8)1-6(13,5(11)12)2-4(9)10/h3-8H,1-2H3;4H,1-3H3;13H,1-2H2,(H,7,8)(H,9,10)(H,11,12)/p-3. The van der Waals surface area contributed by atoms with Crippen molar-refractivity contribution in [3.05, 3.63) is 79.6 Å². The fraction of sp³-hybridized carbons (Fsp3) is 0.320. The molecule has 0 spiro atoms. The molecule has 4 aromatic rings. The van der Waals surface area contributed by atoms with E-state index in [2.05, 4.69) is 4.98 Å². The number of hydrogen-bond donors (Lipinski definition) is 1. The summed E-state index contributed by atoms with van der Waals surface area (Å²) >= 11 is 0. The van der Waals surface area contributed by atoms with Gasteiger partial charge in [0.1, 0.15) is 5.60 Å². The lowest BCUT2D eigenvalue weighted by atomic mass is 9.96. The summed E-state index contributed by atoms with van der Waals surface area (Å²) < 4.78 is 7.53. The topological polar surface area (TPSA) is 229 Å². The molecular formula is C25H27N6O10-3. The number of aliphatic hydroxyl groups is 1. The van der Waals surface area contributed by atoms with Crippen LogP contribution in [0.25, 0.3) is 16.9 Å². The molecule has 0 saturated carbocycles. The van der Waals surface area contributed by atoms with Crippen molar-refractivity contribution >= 4 is 29.1 Å². The Morgan fingerprint density at radius 3 is 1.88 bits per heavy atom. The van der Waals surface area contributed by atoms with Gasteiger partial charge in [-0.3, -0.25) is 23.4 Å². The number of nitrogens with zero attached hydrogens (tertiary/aromatic N) is 6. The number of hydrogen-bond acceptors (Lipinski definition) is 11. The molecule has 0 unspecified atom stereocenters. The molecule has 0 saturated heterocycles. The van der Waals surface area contributed by atoms with Gasteiger partial charge in [0.15, 0.2) is 11.2 Å². The van der Waals surface area contributed by atoms with Gasteiger partial charge in [-0.1, -0.05) is 18.2 Å². The molecule has 4 rings (SSSR count). The Bertz CT molecular complexity index is 1740. The van der Waals surface area contributed by atoms with Crippen LogP contribution >= 0.6 is 0 Å². The molecule has 16 heteroatoms. The van der Waals surface area contributed by atoms with Crippen LogP contribution in [0.15, 0.2) is 57.1 Å². The third-order valence-corrected chi connectivity index (χ3v) is 5.92. The highest BCUT2D eigenvalue weighted by Gasteiger charge is 2.29. The molecule has 0 fully saturated rings. The summed E-state index contributed by atoms with van der Waals surface area (Å²) in [5, 5.41) is 38.9. The summed E-state index contributed by atoms with van der Waals surface area (Å²) in [6, 6.07) is 11.2. The van der Waals surface area contributed by atoms with Crippen LogP contribution in [0.2, 0.25) is 0 Å². The van der Waals surface area contributed by atoms with Crippen molar-refractivity contribution in [2.24, 2.45) is 28.2 Å². The van der Waals surface area contributed by atoms with Crippen molar-refractivity contribution in [3.8, 4) is 5.69 Å². The van der Waals surface area contributed by atoms with E-state index in [9.17, 15) is 44.1 Å². The summed E-state index contributed by atoms with van der Waals surface area (Å²) in [5.74, 6) is -5.98. The number of aromatic nitrogens is 6. The Balaban J connectivity index is 0.000000216. The first-order valence-corrected chi connectivity index (χ1v) is 11.7. The maximum absolute atomic E-state index is 11.7. The molecule has 3 heterocycles. The molecule has 16 nitrogen and oxygen atoms in total. The highest BCUT2D eigenvalue weighted by atomic mass is 16.4. The van der Waals surface area contributed by atoms with Gasteiger partial charge in [-0.25, -0.2) is 14.5 Å². The lowest BCUT2D eigenvalue weighted by Gasteiger charge is -2.29. The molecule has 0 radical (unpaired) electrons. The lowest BCUT2D eigenvalue weighted by Crippen LogP contribution is -2.54. The first-order chi connectivity index (χ1) is 19.0. The maximum atomic E-state index is 11.7. The van der Waals surface area contributed by atoms with Crippen LogP contribution in [-0.4, -0.2) is 56.7 Å². The van der Waals surface area contributed by atoms with Crippen LogP contribution in [0.4, 0.5) is 0 Å². The quantitative estimate of drug-likeness (QED) is 0.231. The van der Waals surface area contributed by atoms with Gasteiger partial charge in [0.2, 0.25) is 0 Å². The Kier molecular flexibility index (Phi) is 9.93. The summed E-state index contributed by atoms with van der Waals surface area (Å²) in [7, 11) is 6.65. The number of carboxylic acids is 3. The second-order valence-corrected chi connectivity index (χ2v) is 8.94. The van der Waals surface area contributed by atoms with Crippen LogP contribution in [0.3, 0.4) is 0 Å². The Hall–Kier alpha value is -5.25. The number of carbonyl (C=O) groups excluding carboxylic acids is 3. The summed E-state index contributed by atoms with van der Waals surface area (Å²) in [4.78, 5) is 68.8. The Labute approximate surface area is 231 Å². The first-order valence-electron chi connectivity index (χ1n) is 11.7. The molecule has 0 amide bonds. The molecular weight excluding hydrogens is 544 g/mol. The van der Waals surface area contributed by atoms with Crippen LogP contribution in [0.5, 0.6) is 0 Å². The van der Waals surface area contributed by atoms with Crippen LogP contribution < -0.4 is 32.1 Å². The third kappa shape index (κ3) is 7.24. The highest BCUT2D eigenvalue weighted by molar-refractivity contribution is 5.86. The average molecular weight is 572 g/mol. The molecule has 41 heavy (non-hydrogen) atoms. The fourth-order valence-corrected chi connectivity index (χ4v) is 3.66. The van der Waals surface area contributed by atoms with Crippen molar-refractivity contribution in [1.82, 2.24) is 28.0 Å². The zero-order valence-electron chi connectivity index (χ0n) is 22.8. The van der Waals surface area contributed by atoms with Gasteiger partial charge in [-0.15, -0.1) is 0 Å². The van der Waals surface area contributed by atoms with Gasteiger partial charge >= 0.3 is 5.69 Å². The molecule has 220 valence electrons. The Morgan fingerprint density at radius 2 is 1.44 bits per heavy atom. The number of carbonyl (C=O) groups is 3. The van der Waals surface area contributed by atoms with Gasteiger partial charge < -0.3 is 39.4 Å². The second kappa shape index (κ2) is 12.7. The second-order valence-electron chi connectivity index (χ2n) is 8.94. The third-order valence-electron chi connectivity index (χ3n) is 5.92. The summed E-state index contributed by atoms with van der Waals surface area (Å²) in [5.41, 5.74) is -0.930. The normalized spacial score (nSPS) is 10.8. The minimum Gasteiger partial charge on any atom is -0.550 e. The van der Waals surface area contributed by atoms with Crippen LogP contribution in [-0.2, 0) is 42.6 Å². The number of carboxylic acid groups (broad SMARTS) is 3. The van der Waals surface area contributed by atoms with Gasteiger partial charge in [-0.2, -0.15) is 0 Å². The lowest BCUT2D eigenvalue weighted by molar-refractivity contribution is -0.339. The minimum atomic E-state index is -2.97. The number of rotatable bonds is 6. The number of aliphatic carboxylic acids is 3. The van der Waals surface area contributed by atoms with E-state index in [-0.39, 0.29) is 16.8 Å². The predicted octanol–water partition coefficient (Wildman–Crippen LogP) is -4.80. The minimum absolute atomic E-state index is 0.0104. The highest BCUT2D eigenvalue weighted by Crippen LogP contribution is 2.13. The van der Waals surface area contributed by atoms with Crippen molar-refractivity contribution in [2.75, 3.05) is 0 Å². The molecule has 0 aliphatic carbocycles. The predicted molar refractivity (Wildman–Crippen MR) is 136 cm³/mol. The van der Waals surface area contributed by atoms with Gasteiger partial charge in [0, 0.05) is 64.7 Å². The largest absolute Gasteiger partial charge is 0.550 e. The van der Waals surface area contributed by atoms with E-state index in [1.54, 1.807) is 29.4 Å². The molecule has 1 N–H and O–H groups in total. The SMILES string of the molecule is Cc1cc(=O)n(-c2ccccc2)n1C.Cn1c(=O)c2c(ncn2C)n(C)c1=O.O=C([O-])CC(O)(CC(=O)[O-])C(=O)[O-]. The van der Waals surface area contributed by atoms with Gasteiger partial charge in [-0.05, 0) is 19.1 Å². The van der Waals surface area contributed by atoms with Crippen LogP contribution in [0, 0.1) is 6.92 Å². The van der Waals surface area contributed by atoms with Gasteiger partial charge in [0.25, 0.3) is 11.1 Å². The fourth-order valence-electron chi connectivity index (χ4n) is 3.66. The van der Waals surface area contributed by atoms with Crippen LogP contribution in [0.1, 0.15) is 18.5 Å². The Morgan fingerprint density at radius 1 is 0.902 bits per heavy atom. The van der Waals surface area contributed by atoms with E-state index in [1.807, 2.05) is 49.0 Å². The first kappa shape index (κ1) is 32.0. The van der Waals surface area contributed by atoms with E-state index in [0.29, 0.717) is 11.2 Å². The number of benzene rings is 1. The monoisotopic (exact) mass is 571 g/mol. The number of aryl methyl sites for hydroxylation is 3. The average Bonchev–Trinajstić information content (AvgIpc) is 3.39. The van der Waals surface area contributed by atoms with Gasteiger partial charge in [0.05, 0.1) is 18.0 Å². The van der Waals surface area contributed by atoms with Crippen molar-refractivity contribution < 1.29 is 34.8 Å². The molecule has 0 bridgehead atoms. The van der Waals surface area contributed by atoms with E-state index in [4.69, 9.17) is 5.11 Å². The number of fused-ring (bicyclic) bond motifs is 1. The summed E-state index contributed by atoms with van der Waals surface area (Å²) in [6.07, 6.45) is -1.20. The number of imidazole rings is 1. The zero-order valence-corrected chi connectivity index (χ0v) is 22.8. The molecule has 1 aromatic carbocycles. The molecule has 0 atom stereocenters. The molecule has 0 aliphatic rings.